The lowest BCUT2D eigenvalue weighted by Gasteiger charge is -2.30. The van der Waals surface area contributed by atoms with Gasteiger partial charge in [0.1, 0.15) is 6.42 Å². The molecule has 0 aromatic rings. The molecule has 5 heteroatoms. The molecule has 0 aromatic heterocycles. The Balaban J connectivity index is 2.34. The van der Waals surface area contributed by atoms with Crippen LogP contribution in [0.25, 0.3) is 0 Å². The van der Waals surface area contributed by atoms with Crippen molar-refractivity contribution in [2.75, 3.05) is 13.1 Å². The minimum Gasteiger partial charge on any atom is -0.369 e. The summed E-state index contributed by atoms with van der Waals surface area (Å²) in [5.74, 6) is -0.412. The zero-order valence-corrected chi connectivity index (χ0v) is 8.38. The number of carbonyl (C=O) groups excluding carboxylic acids is 2. The maximum Gasteiger partial charge on any atom is 0.229 e. The van der Waals surface area contributed by atoms with Crippen molar-refractivity contribution in [2.24, 2.45) is 11.7 Å². The topological polar surface area (TPSA) is 84.2 Å². The average Bonchev–Trinajstić information content (AvgIpc) is 2.07. The minimum absolute atomic E-state index is 0.121. The number of carbonyl (C=O) groups is 2. The summed E-state index contributed by atoms with van der Waals surface area (Å²) in [5, 5.41) is 5.99. The van der Waals surface area contributed by atoms with E-state index in [9.17, 15) is 9.59 Å². The first-order chi connectivity index (χ1) is 6.59. The van der Waals surface area contributed by atoms with Crippen LogP contribution < -0.4 is 16.4 Å². The molecule has 1 saturated heterocycles. The van der Waals surface area contributed by atoms with Gasteiger partial charge in [-0.25, -0.2) is 0 Å². The number of nitrogens with two attached hydrogens (primary N) is 1. The number of piperidine rings is 1. The molecule has 2 amide bonds. The van der Waals surface area contributed by atoms with Crippen LogP contribution in [0.1, 0.15) is 19.8 Å². The first-order valence-electron chi connectivity index (χ1n) is 4.88. The van der Waals surface area contributed by atoms with Gasteiger partial charge < -0.3 is 16.4 Å². The Hall–Kier alpha value is -1.10. The Bertz CT molecular complexity index is 230. The van der Waals surface area contributed by atoms with E-state index in [0.29, 0.717) is 5.92 Å². The van der Waals surface area contributed by atoms with Crippen molar-refractivity contribution in [1.29, 1.82) is 0 Å². The lowest BCUT2D eigenvalue weighted by Crippen LogP contribution is -2.50. The Morgan fingerprint density at radius 3 is 2.86 bits per heavy atom. The number of primary amides is 1. The Labute approximate surface area is 83.4 Å². The third-order valence-electron chi connectivity index (χ3n) is 2.51. The molecule has 0 aromatic carbocycles. The van der Waals surface area contributed by atoms with Gasteiger partial charge in [-0.1, -0.05) is 6.92 Å². The highest BCUT2D eigenvalue weighted by atomic mass is 16.2. The summed E-state index contributed by atoms with van der Waals surface area (Å²) >= 11 is 0. The van der Waals surface area contributed by atoms with E-state index in [1.165, 1.54) is 0 Å². The van der Waals surface area contributed by atoms with Gasteiger partial charge >= 0.3 is 0 Å². The monoisotopic (exact) mass is 199 g/mol. The second-order valence-corrected chi connectivity index (χ2v) is 3.79. The van der Waals surface area contributed by atoms with Crippen LogP contribution in [0.2, 0.25) is 0 Å². The van der Waals surface area contributed by atoms with E-state index in [0.717, 1.165) is 19.5 Å². The van der Waals surface area contributed by atoms with Gasteiger partial charge in [-0.2, -0.15) is 0 Å². The normalized spacial score (nSPS) is 26.9. The fourth-order valence-electron chi connectivity index (χ4n) is 1.60. The summed E-state index contributed by atoms with van der Waals surface area (Å²) < 4.78 is 0. The fourth-order valence-corrected chi connectivity index (χ4v) is 1.60. The van der Waals surface area contributed by atoms with E-state index >= 15 is 0 Å². The Morgan fingerprint density at radius 1 is 1.57 bits per heavy atom. The quantitative estimate of drug-likeness (QED) is 0.508. The number of amides is 2. The van der Waals surface area contributed by atoms with Gasteiger partial charge in [-0.15, -0.1) is 0 Å². The lowest BCUT2D eigenvalue weighted by atomic mass is 9.95. The van der Waals surface area contributed by atoms with Crippen molar-refractivity contribution in [1.82, 2.24) is 10.6 Å². The van der Waals surface area contributed by atoms with Crippen LogP contribution in [0.3, 0.4) is 0 Å². The van der Waals surface area contributed by atoms with Crippen molar-refractivity contribution in [3.63, 3.8) is 0 Å². The number of hydrogen-bond donors (Lipinski definition) is 3. The molecule has 14 heavy (non-hydrogen) atoms. The highest BCUT2D eigenvalue weighted by Gasteiger charge is 2.22. The molecule has 1 aliphatic heterocycles. The van der Waals surface area contributed by atoms with Crippen LogP contribution in [0.5, 0.6) is 0 Å². The molecule has 1 aliphatic rings. The molecule has 2 atom stereocenters. The van der Waals surface area contributed by atoms with Gasteiger partial charge in [0, 0.05) is 12.6 Å². The molecular weight excluding hydrogens is 182 g/mol. The van der Waals surface area contributed by atoms with Crippen LogP contribution in [-0.2, 0) is 9.59 Å². The summed E-state index contributed by atoms with van der Waals surface area (Å²) in [7, 11) is 0. The molecule has 1 fully saturated rings. The molecular formula is C9H17N3O2. The molecule has 0 saturated carbocycles. The van der Waals surface area contributed by atoms with Crippen LogP contribution in [0, 0.1) is 5.92 Å². The smallest absolute Gasteiger partial charge is 0.229 e. The number of rotatable bonds is 3. The van der Waals surface area contributed by atoms with Crippen molar-refractivity contribution in [3.05, 3.63) is 0 Å². The highest BCUT2D eigenvalue weighted by molar-refractivity contribution is 5.96. The fraction of sp³-hybridized carbons (Fsp3) is 0.778. The molecule has 0 bridgehead atoms. The first kappa shape index (κ1) is 11.0. The largest absolute Gasteiger partial charge is 0.369 e. The molecule has 0 radical (unpaired) electrons. The van der Waals surface area contributed by atoms with E-state index in [1.54, 1.807) is 0 Å². The second kappa shape index (κ2) is 4.95. The van der Waals surface area contributed by atoms with E-state index < -0.39 is 5.91 Å². The number of nitrogens with one attached hydrogen (secondary N) is 2. The summed E-state index contributed by atoms with van der Waals surface area (Å²) in [4.78, 5) is 21.7. The highest BCUT2D eigenvalue weighted by Crippen LogP contribution is 2.10. The molecule has 1 rings (SSSR count). The van der Waals surface area contributed by atoms with Gasteiger partial charge in [-0.3, -0.25) is 9.59 Å². The van der Waals surface area contributed by atoms with Crippen molar-refractivity contribution in [3.8, 4) is 0 Å². The SMILES string of the molecule is CC1CCNCC1NC(=O)CC(N)=O. The molecule has 1 heterocycles. The van der Waals surface area contributed by atoms with E-state index in [2.05, 4.69) is 17.6 Å². The molecule has 4 N–H and O–H groups in total. The van der Waals surface area contributed by atoms with Gasteiger partial charge in [-0.05, 0) is 18.9 Å². The standard InChI is InChI=1S/C9H17N3O2/c1-6-2-3-11-5-7(6)12-9(14)4-8(10)13/h6-7,11H,2-5H2,1H3,(H2,10,13)(H,12,14). The van der Waals surface area contributed by atoms with Gasteiger partial charge in [0.15, 0.2) is 0 Å². The van der Waals surface area contributed by atoms with Gasteiger partial charge in [0.25, 0.3) is 0 Å². The molecule has 2 unspecified atom stereocenters. The molecule has 80 valence electrons. The van der Waals surface area contributed by atoms with Crippen molar-refractivity contribution < 1.29 is 9.59 Å². The number of hydrogen-bond acceptors (Lipinski definition) is 3. The van der Waals surface area contributed by atoms with E-state index in [-0.39, 0.29) is 18.4 Å². The Morgan fingerprint density at radius 2 is 2.29 bits per heavy atom. The predicted octanol–water partition coefficient (Wildman–Crippen LogP) is -1.02. The van der Waals surface area contributed by atoms with Crippen molar-refractivity contribution >= 4 is 11.8 Å². The summed E-state index contributed by atoms with van der Waals surface area (Å²) in [5.41, 5.74) is 4.92. The second-order valence-electron chi connectivity index (χ2n) is 3.79. The lowest BCUT2D eigenvalue weighted by molar-refractivity contribution is -0.128. The molecule has 0 spiro atoms. The maximum absolute atomic E-state index is 11.2. The third-order valence-corrected chi connectivity index (χ3v) is 2.51. The molecule has 5 nitrogen and oxygen atoms in total. The van der Waals surface area contributed by atoms with Crippen molar-refractivity contribution in [2.45, 2.75) is 25.8 Å². The zero-order chi connectivity index (χ0) is 10.6. The van der Waals surface area contributed by atoms with Crippen LogP contribution in [0.15, 0.2) is 0 Å². The van der Waals surface area contributed by atoms with Crippen LogP contribution in [-0.4, -0.2) is 30.9 Å². The predicted molar refractivity (Wildman–Crippen MR) is 52.4 cm³/mol. The minimum atomic E-state index is -0.584. The Kier molecular flexibility index (Phi) is 3.88. The summed E-state index contributed by atoms with van der Waals surface area (Å²) in [6, 6.07) is 0.121. The average molecular weight is 199 g/mol. The van der Waals surface area contributed by atoms with E-state index in [4.69, 9.17) is 5.73 Å². The zero-order valence-electron chi connectivity index (χ0n) is 8.38. The van der Waals surface area contributed by atoms with E-state index in [1.807, 2.05) is 0 Å². The van der Waals surface area contributed by atoms with Crippen LogP contribution >= 0.6 is 0 Å². The third kappa shape index (κ3) is 3.33. The van der Waals surface area contributed by atoms with Crippen LogP contribution in [0.4, 0.5) is 0 Å². The molecule has 0 aliphatic carbocycles. The maximum atomic E-state index is 11.2. The summed E-state index contributed by atoms with van der Waals surface area (Å²) in [6.45, 7) is 3.85. The first-order valence-corrected chi connectivity index (χ1v) is 4.88. The summed E-state index contributed by atoms with van der Waals surface area (Å²) in [6.07, 6.45) is 0.824. The van der Waals surface area contributed by atoms with Gasteiger partial charge in [0.2, 0.25) is 11.8 Å². The van der Waals surface area contributed by atoms with Gasteiger partial charge in [0.05, 0.1) is 0 Å².